The van der Waals surface area contributed by atoms with Crippen LogP contribution in [-0.2, 0) is 9.47 Å². The molecule has 1 saturated carbocycles. The number of rotatable bonds is 5. The summed E-state index contributed by atoms with van der Waals surface area (Å²) >= 11 is 0. The van der Waals surface area contributed by atoms with Crippen molar-refractivity contribution in [2.45, 2.75) is 31.0 Å². The van der Waals surface area contributed by atoms with Crippen molar-refractivity contribution in [3.05, 3.63) is 11.9 Å². The number of hydrogen-bond acceptors (Lipinski definition) is 7. The number of nitrogens with two attached hydrogens (primary N) is 1. The van der Waals surface area contributed by atoms with E-state index in [-0.39, 0.29) is 12.2 Å². The lowest BCUT2D eigenvalue weighted by atomic mass is 10.3. The van der Waals surface area contributed by atoms with E-state index in [1.165, 1.54) is 0 Å². The van der Waals surface area contributed by atoms with Gasteiger partial charge in [0.25, 0.3) is 0 Å². The minimum Gasteiger partial charge on any atom is -0.377 e. The third-order valence-electron chi connectivity index (χ3n) is 3.97. The van der Waals surface area contributed by atoms with Crippen molar-refractivity contribution in [1.29, 1.82) is 0 Å². The molecule has 1 aromatic heterocycles. The molecule has 2 unspecified atom stereocenters. The number of anilines is 2. The van der Waals surface area contributed by atoms with E-state index in [0.717, 1.165) is 37.6 Å². The highest BCUT2D eigenvalue weighted by molar-refractivity contribution is 5.50. The van der Waals surface area contributed by atoms with Gasteiger partial charge in [-0.15, -0.1) is 0 Å². The SMILES string of the molecule is COC1CN(c2cc(NN)nc(C3CC3)n2)CC1OC. The van der Waals surface area contributed by atoms with Crippen molar-refractivity contribution >= 4 is 11.6 Å². The van der Waals surface area contributed by atoms with Gasteiger partial charge in [-0.3, -0.25) is 0 Å². The molecule has 2 heterocycles. The number of hydrazine groups is 1. The fourth-order valence-electron chi connectivity index (χ4n) is 2.60. The van der Waals surface area contributed by atoms with E-state index in [1.54, 1.807) is 14.2 Å². The quantitative estimate of drug-likeness (QED) is 0.599. The second kappa shape index (κ2) is 5.51. The van der Waals surface area contributed by atoms with E-state index in [2.05, 4.69) is 20.3 Å². The fourth-order valence-corrected chi connectivity index (χ4v) is 2.60. The van der Waals surface area contributed by atoms with Crippen molar-refractivity contribution in [2.24, 2.45) is 5.84 Å². The smallest absolute Gasteiger partial charge is 0.145 e. The van der Waals surface area contributed by atoms with Crippen LogP contribution in [-0.4, -0.2) is 49.5 Å². The molecule has 1 aliphatic heterocycles. The molecular formula is C13H21N5O2. The molecule has 0 amide bonds. The average molecular weight is 279 g/mol. The molecule has 7 heteroatoms. The summed E-state index contributed by atoms with van der Waals surface area (Å²) in [5, 5.41) is 0. The van der Waals surface area contributed by atoms with Gasteiger partial charge in [0.15, 0.2) is 0 Å². The summed E-state index contributed by atoms with van der Waals surface area (Å²) in [6.45, 7) is 1.53. The monoisotopic (exact) mass is 279 g/mol. The van der Waals surface area contributed by atoms with Gasteiger partial charge in [-0.2, -0.15) is 0 Å². The molecular weight excluding hydrogens is 258 g/mol. The molecule has 3 N–H and O–H groups in total. The van der Waals surface area contributed by atoms with Crippen LogP contribution in [0.2, 0.25) is 0 Å². The molecule has 2 aliphatic rings. The van der Waals surface area contributed by atoms with E-state index in [9.17, 15) is 0 Å². The van der Waals surface area contributed by atoms with Gasteiger partial charge in [0.2, 0.25) is 0 Å². The lowest BCUT2D eigenvalue weighted by Gasteiger charge is -2.18. The summed E-state index contributed by atoms with van der Waals surface area (Å²) in [7, 11) is 3.42. The molecule has 1 aliphatic carbocycles. The first kappa shape index (κ1) is 13.5. The molecule has 2 fully saturated rings. The van der Waals surface area contributed by atoms with Gasteiger partial charge in [-0.1, -0.05) is 0 Å². The molecule has 7 nitrogen and oxygen atoms in total. The highest BCUT2D eigenvalue weighted by Gasteiger charge is 2.35. The zero-order valence-corrected chi connectivity index (χ0v) is 11.9. The number of nitrogen functional groups attached to an aromatic ring is 1. The Bertz CT molecular complexity index is 468. The van der Waals surface area contributed by atoms with Crippen LogP contribution in [0.5, 0.6) is 0 Å². The lowest BCUT2D eigenvalue weighted by molar-refractivity contribution is -0.00461. The molecule has 3 rings (SSSR count). The van der Waals surface area contributed by atoms with Crippen LogP contribution in [0.25, 0.3) is 0 Å². The van der Waals surface area contributed by atoms with E-state index in [4.69, 9.17) is 15.3 Å². The largest absolute Gasteiger partial charge is 0.377 e. The fraction of sp³-hybridized carbons (Fsp3) is 0.692. The molecule has 0 bridgehead atoms. The number of methoxy groups -OCH3 is 2. The second-order valence-corrected chi connectivity index (χ2v) is 5.34. The normalized spacial score (nSPS) is 26.1. The molecule has 20 heavy (non-hydrogen) atoms. The Kier molecular flexibility index (Phi) is 3.73. The third-order valence-corrected chi connectivity index (χ3v) is 3.97. The number of aromatic nitrogens is 2. The third kappa shape index (κ3) is 2.56. The highest BCUT2D eigenvalue weighted by atomic mass is 16.5. The van der Waals surface area contributed by atoms with Gasteiger partial charge >= 0.3 is 0 Å². The number of nitrogens with one attached hydrogen (secondary N) is 1. The first-order valence-electron chi connectivity index (χ1n) is 6.91. The molecule has 1 saturated heterocycles. The Morgan fingerprint density at radius 1 is 1.20 bits per heavy atom. The molecule has 110 valence electrons. The zero-order valence-electron chi connectivity index (χ0n) is 11.9. The van der Waals surface area contributed by atoms with E-state index < -0.39 is 0 Å². The molecule has 0 radical (unpaired) electrons. The molecule has 0 aromatic carbocycles. The summed E-state index contributed by atoms with van der Waals surface area (Å²) in [6.07, 6.45) is 2.45. The molecule has 0 spiro atoms. The number of hydrogen-bond donors (Lipinski definition) is 2. The molecule has 1 aromatic rings. The molecule has 2 atom stereocenters. The van der Waals surface area contributed by atoms with Crippen LogP contribution >= 0.6 is 0 Å². The van der Waals surface area contributed by atoms with Gasteiger partial charge in [0.05, 0.1) is 0 Å². The van der Waals surface area contributed by atoms with E-state index in [0.29, 0.717) is 11.7 Å². The van der Waals surface area contributed by atoms with Crippen molar-refractivity contribution < 1.29 is 9.47 Å². The second-order valence-electron chi connectivity index (χ2n) is 5.34. The van der Waals surface area contributed by atoms with Gasteiger partial charge in [0, 0.05) is 39.3 Å². The van der Waals surface area contributed by atoms with Gasteiger partial charge in [-0.05, 0) is 12.8 Å². The Balaban J connectivity index is 1.84. The Labute approximate surface area is 118 Å². The maximum atomic E-state index is 5.51. The summed E-state index contributed by atoms with van der Waals surface area (Å²) in [5.74, 6) is 8.42. The predicted octanol–water partition coefficient (Wildman–Crippen LogP) is 0.490. The first-order chi connectivity index (χ1) is 9.75. The van der Waals surface area contributed by atoms with Crippen LogP contribution in [0, 0.1) is 0 Å². The lowest BCUT2D eigenvalue weighted by Crippen LogP contribution is -2.27. The van der Waals surface area contributed by atoms with Crippen LogP contribution < -0.4 is 16.2 Å². The summed E-state index contributed by atoms with van der Waals surface area (Å²) in [6, 6.07) is 1.87. The van der Waals surface area contributed by atoms with Crippen LogP contribution in [0.15, 0.2) is 6.07 Å². The standard InChI is InChI=1S/C13H21N5O2/c1-19-9-6-18(7-10(9)20-2)12-5-11(17-14)15-13(16-12)8-3-4-8/h5,8-10H,3-4,6-7,14H2,1-2H3,(H,15,16,17). The minimum atomic E-state index is 0.0635. The van der Waals surface area contributed by atoms with E-state index in [1.807, 2.05) is 6.07 Å². The van der Waals surface area contributed by atoms with Gasteiger partial charge < -0.3 is 19.8 Å². The summed E-state index contributed by atoms with van der Waals surface area (Å²) in [5.41, 5.74) is 2.62. The van der Waals surface area contributed by atoms with Crippen molar-refractivity contribution in [3.63, 3.8) is 0 Å². The number of nitrogens with zero attached hydrogens (tertiary/aromatic N) is 3. The summed E-state index contributed by atoms with van der Waals surface area (Å²) in [4.78, 5) is 11.3. The predicted molar refractivity (Wildman–Crippen MR) is 75.6 cm³/mol. The van der Waals surface area contributed by atoms with Crippen molar-refractivity contribution in [1.82, 2.24) is 9.97 Å². The van der Waals surface area contributed by atoms with Crippen LogP contribution in [0.3, 0.4) is 0 Å². The van der Waals surface area contributed by atoms with Crippen LogP contribution in [0.1, 0.15) is 24.6 Å². The maximum absolute atomic E-state index is 5.51. The highest BCUT2D eigenvalue weighted by Crippen LogP contribution is 2.39. The topological polar surface area (TPSA) is 85.5 Å². The average Bonchev–Trinajstić information content (AvgIpc) is 3.25. The maximum Gasteiger partial charge on any atom is 0.145 e. The Hall–Kier alpha value is -1.44. The van der Waals surface area contributed by atoms with E-state index >= 15 is 0 Å². The summed E-state index contributed by atoms with van der Waals surface area (Å²) < 4.78 is 10.9. The van der Waals surface area contributed by atoms with Gasteiger partial charge in [0.1, 0.15) is 29.7 Å². The van der Waals surface area contributed by atoms with Crippen molar-refractivity contribution in [2.75, 3.05) is 37.6 Å². The Morgan fingerprint density at radius 2 is 1.85 bits per heavy atom. The zero-order chi connectivity index (χ0) is 14.1. The van der Waals surface area contributed by atoms with Crippen molar-refractivity contribution in [3.8, 4) is 0 Å². The minimum absolute atomic E-state index is 0.0635. The number of ether oxygens (including phenoxy) is 2. The van der Waals surface area contributed by atoms with Crippen LogP contribution in [0.4, 0.5) is 11.6 Å². The van der Waals surface area contributed by atoms with Gasteiger partial charge in [-0.25, -0.2) is 15.8 Å². The first-order valence-corrected chi connectivity index (χ1v) is 6.91. The Morgan fingerprint density at radius 3 is 2.35 bits per heavy atom.